The van der Waals surface area contributed by atoms with Crippen LogP contribution >= 0.6 is 23.2 Å². The molecular formula is C21H22Cl2N2O5. The molecule has 2 rings (SSSR count). The number of carbonyl (C=O) groups excluding carboxylic acids is 2. The van der Waals surface area contributed by atoms with Crippen molar-refractivity contribution in [3.8, 4) is 11.5 Å². The van der Waals surface area contributed by atoms with E-state index in [1.807, 2.05) is 0 Å². The zero-order chi connectivity index (χ0) is 22.1. The molecular weight excluding hydrogens is 431 g/mol. The van der Waals surface area contributed by atoms with Gasteiger partial charge >= 0.3 is 5.97 Å². The first-order valence-corrected chi connectivity index (χ1v) is 9.72. The summed E-state index contributed by atoms with van der Waals surface area (Å²) in [6, 6.07) is 11.5. The molecule has 2 aromatic carbocycles. The summed E-state index contributed by atoms with van der Waals surface area (Å²) in [5.41, 5.74) is 2.52. The van der Waals surface area contributed by atoms with Crippen LogP contribution in [0.4, 0.5) is 0 Å². The van der Waals surface area contributed by atoms with Crippen LogP contribution in [0.1, 0.15) is 26.3 Å². The molecule has 0 unspecified atom stereocenters. The van der Waals surface area contributed by atoms with E-state index >= 15 is 0 Å². The lowest BCUT2D eigenvalue weighted by molar-refractivity contribution is -0.157. The maximum atomic E-state index is 11.8. The van der Waals surface area contributed by atoms with Gasteiger partial charge in [0.15, 0.2) is 13.2 Å². The van der Waals surface area contributed by atoms with Crippen molar-refractivity contribution in [3.63, 3.8) is 0 Å². The molecule has 0 atom stereocenters. The number of hydrazone groups is 1. The lowest BCUT2D eigenvalue weighted by Gasteiger charge is -2.19. The number of carbonyl (C=O) groups is 2. The predicted octanol–water partition coefficient (Wildman–Crippen LogP) is 4.24. The van der Waals surface area contributed by atoms with E-state index in [-0.39, 0.29) is 13.2 Å². The van der Waals surface area contributed by atoms with Crippen molar-refractivity contribution in [1.82, 2.24) is 5.43 Å². The highest BCUT2D eigenvalue weighted by molar-refractivity contribution is 6.35. The molecule has 0 aliphatic rings. The summed E-state index contributed by atoms with van der Waals surface area (Å²) < 4.78 is 15.9. The number of hydrogen-bond acceptors (Lipinski definition) is 6. The van der Waals surface area contributed by atoms with Crippen molar-refractivity contribution in [2.24, 2.45) is 5.10 Å². The third-order valence-corrected chi connectivity index (χ3v) is 3.84. The number of nitrogens with zero attached hydrogens (tertiary/aromatic N) is 1. The van der Waals surface area contributed by atoms with Gasteiger partial charge in [0.2, 0.25) is 0 Å². The van der Waals surface area contributed by atoms with Crippen LogP contribution in [-0.4, -0.2) is 36.9 Å². The summed E-state index contributed by atoms with van der Waals surface area (Å²) >= 11 is 11.8. The molecule has 0 spiro atoms. The molecule has 160 valence electrons. The minimum Gasteiger partial charge on any atom is -0.482 e. The van der Waals surface area contributed by atoms with Crippen molar-refractivity contribution in [3.05, 3.63) is 58.1 Å². The van der Waals surface area contributed by atoms with Gasteiger partial charge in [-0.05, 0) is 68.8 Å². The van der Waals surface area contributed by atoms with Gasteiger partial charge in [-0.2, -0.15) is 5.10 Å². The molecule has 0 aromatic heterocycles. The summed E-state index contributed by atoms with van der Waals surface area (Å²) in [5, 5.41) is 4.65. The highest BCUT2D eigenvalue weighted by Crippen LogP contribution is 2.27. The van der Waals surface area contributed by atoms with Crippen LogP contribution in [0.2, 0.25) is 10.0 Å². The number of esters is 1. The first-order valence-electron chi connectivity index (χ1n) is 8.97. The van der Waals surface area contributed by atoms with E-state index in [0.29, 0.717) is 21.5 Å². The SMILES string of the molecule is CC(C)(C)OC(=O)COc1ccc(/C=N\NC(=O)COc2ccc(Cl)cc2Cl)cc1. The lowest BCUT2D eigenvalue weighted by atomic mass is 10.2. The summed E-state index contributed by atoms with van der Waals surface area (Å²) in [6.45, 7) is 4.93. The normalized spacial score (nSPS) is 11.2. The van der Waals surface area contributed by atoms with Gasteiger partial charge in [0.25, 0.3) is 5.91 Å². The molecule has 9 heteroatoms. The molecule has 0 fully saturated rings. The number of rotatable bonds is 8. The molecule has 0 aliphatic heterocycles. The average Bonchev–Trinajstić information content (AvgIpc) is 2.65. The van der Waals surface area contributed by atoms with Crippen LogP contribution in [0.15, 0.2) is 47.6 Å². The van der Waals surface area contributed by atoms with E-state index in [2.05, 4.69) is 10.5 Å². The van der Waals surface area contributed by atoms with Crippen molar-refractivity contribution in [2.45, 2.75) is 26.4 Å². The van der Waals surface area contributed by atoms with E-state index < -0.39 is 17.5 Å². The number of nitrogens with one attached hydrogen (secondary N) is 1. The second kappa shape index (κ2) is 10.8. The largest absolute Gasteiger partial charge is 0.482 e. The van der Waals surface area contributed by atoms with Crippen LogP contribution < -0.4 is 14.9 Å². The molecule has 0 aliphatic carbocycles. The fourth-order valence-corrected chi connectivity index (χ4v) is 2.57. The van der Waals surface area contributed by atoms with Gasteiger partial charge < -0.3 is 14.2 Å². The minimum atomic E-state index is -0.558. The van der Waals surface area contributed by atoms with Crippen molar-refractivity contribution < 1.29 is 23.8 Å². The Labute approximate surface area is 184 Å². The standard InChI is InChI=1S/C21H22Cl2N2O5/c1-21(2,3)30-20(27)13-28-16-7-4-14(5-8-16)11-24-25-19(26)12-29-18-9-6-15(22)10-17(18)23/h4-11H,12-13H2,1-3H3,(H,25,26)/b24-11-. The molecule has 0 radical (unpaired) electrons. The molecule has 2 aromatic rings. The monoisotopic (exact) mass is 452 g/mol. The summed E-state index contributed by atoms with van der Waals surface area (Å²) in [5.74, 6) is -0.0370. The Bertz CT molecular complexity index is 909. The van der Waals surface area contributed by atoms with Gasteiger partial charge in [0.05, 0.1) is 11.2 Å². The van der Waals surface area contributed by atoms with Gasteiger partial charge in [0, 0.05) is 5.02 Å². The first kappa shape index (κ1) is 23.5. The molecule has 1 N–H and O–H groups in total. The van der Waals surface area contributed by atoms with Crippen LogP contribution in [-0.2, 0) is 14.3 Å². The molecule has 1 amide bonds. The molecule has 0 saturated carbocycles. The number of benzene rings is 2. The summed E-state index contributed by atoms with van der Waals surface area (Å²) in [6.07, 6.45) is 1.46. The topological polar surface area (TPSA) is 86.2 Å². The maximum absolute atomic E-state index is 11.8. The average molecular weight is 453 g/mol. The predicted molar refractivity (Wildman–Crippen MR) is 115 cm³/mol. The highest BCUT2D eigenvalue weighted by Gasteiger charge is 2.16. The second-order valence-electron chi connectivity index (χ2n) is 7.10. The molecule has 30 heavy (non-hydrogen) atoms. The smallest absolute Gasteiger partial charge is 0.344 e. The van der Waals surface area contributed by atoms with Crippen LogP contribution in [0.5, 0.6) is 11.5 Å². The summed E-state index contributed by atoms with van der Waals surface area (Å²) in [4.78, 5) is 23.5. The second-order valence-corrected chi connectivity index (χ2v) is 7.94. The maximum Gasteiger partial charge on any atom is 0.344 e. The van der Waals surface area contributed by atoms with Gasteiger partial charge in [0.1, 0.15) is 17.1 Å². The Morgan fingerprint density at radius 2 is 1.73 bits per heavy atom. The van der Waals surface area contributed by atoms with Gasteiger partial charge in [-0.1, -0.05) is 23.2 Å². The van der Waals surface area contributed by atoms with Gasteiger partial charge in [-0.3, -0.25) is 4.79 Å². The van der Waals surface area contributed by atoms with E-state index in [1.165, 1.54) is 12.3 Å². The Morgan fingerprint density at radius 3 is 2.37 bits per heavy atom. The van der Waals surface area contributed by atoms with E-state index in [4.69, 9.17) is 37.4 Å². The highest BCUT2D eigenvalue weighted by atomic mass is 35.5. The van der Waals surface area contributed by atoms with Crippen LogP contribution in [0.3, 0.4) is 0 Å². The Balaban J connectivity index is 1.75. The number of hydrogen-bond donors (Lipinski definition) is 1. The van der Waals surface area contributed by atoms with Gasteiger partial charge in [-0.25, -0.2) is 10.2 Å². The first-order chi connectivity index (χ1) is 14.1. The van der Waals surface area contributed by atoms with Crippen LogP contribution in [0.25, 0.3) is 0 Å². The quantitative estimate of drug-likeness (QED) is 0.367. The summed E-state index contributed by atoms with van der Waals surface area (Å²) in [7, 11) is 0. The van der Waals surface area contributed by atoms with Crippen LogP contribution in [0, 0.1) is 0 Å². The fraction of sp³-hybridized carbons (Fsp3) is 0.286. The number of amides is 1. The van der Waals surface area contributed by atoms with Crippen molar-refractivity contribution >= 4 is 41.3 Å². The van der Waals surface area contributed by atoms with Crippen molar-refractivity contribution in [1.29, 1.82) is 0 Å². The molecule has 0 saturated heterocycles. The Hall–Kier alpha value is -2.77. The molecule has 0 heterocycles. The minimum absolute atomic E-state index is 0.182. The molecule has 0 bridgehead atoms. The zero-order valence-corrected chi connectivity index (χ0v) is 18.3. The van der Waals surface area contributed by atoms with E-state index in [9.17, 15) is 9.59 Å². The number of halogens is 2. The van der Waals surface area contributed by atoms with Gasteiger partial charge in [-0.15, -0.1) is 0 Å². The Morgan fingerprint density at radius 1 is 1.03 bits per heavy atom. The number of ether oxygens (including phenoxy) is 3. The fourth-order valence-electron chi connectivity index (χ4n) is 2.11. The van der Waals surface area contributed by atoms with Crippen molar-refractivity contribution in [2.75, 3.05) is 13.2 Å². The zero-order valence-electron chi connectivity index (χ0n) is 16.8. The third kappa shape index (κ3) is 8.71. The third-order valence-electron chi connectivity index (χ3n) is 3.31. The van der Waals surface area contributed by atoms with E-state index in [0.717, 1.165) is 5.56 Å². The molecule has 7 nitrogen and oxygen atoms in total. The lowest BCUT2D eigenvalue weighted by Crippen LogP contribution is -2.27. The Kier molecular flexibility index (Phi) is 8.50. The van der Waals surface area contributed by atoms with E-state index in [1.54, 1.807) is 57.2 Å².